The number of nitrogens with one attached hydrogen (secondary N) is 1. The maximum absolute atomic E-state index is 5.78. The fraction of sp³-hybridized carbons (Fsp3) is 0.778. The Morgan fingerprint density at radius 1 is 1.50 bits per heavy atom. The fourth-order valence-electron chi connectivity index (χ4n) is 1.91. The molecule has 14 heavy (non-hydrogen) atoms. The molecule has 1 aromatic rings. The van der Waals surface area contributed by atoms with E-state index in [0.717, 1.165) is 6.42 Å². The van der Waals surface area contributed by atoms with Crippen molar-refractivity contribution in [3.8, 4) is 5.19 Å². The monoisotopic (exact) mass is 213 g/mol. The molecule has 1 saturated carbocycles. The predicted octanol–water partition coefficient (Wildman–Crippen LogP) is 1.45. The van der Waals surface area contributed by atoms with Gasteiger partial charge in [-0.25, -0.2) is 0 Å². The molecular formula is C9H15N3OS. The zero-order chi connectivity index (χ0) is 9.80. The number of ether oxygens (including phenoxy) is 1. The Morgan fingerprint density at radius 2 is 2.36 bits per heavy atom. The molecule has 2 rings (SSSR count). The molecular weight excluding hydrogens is 198 g/mol. The van der Waals surface area contributed by atoms with Gasteiger partial charge in [0.05, 0.1) is 0 Å². The second kappa shape index (κ2) is 4.70. The van der Waals surface area contributed by atoms with E-state index in [1.807, 2.05) is 7.05 Å². The van der Waals surface area contributed by atoms with E-state index in [9.17, 15) is 0 Å². The maximum atomic E-state index is 5.78. The van der Waals surface area contributed by atoms with E-state index >= 15 is 0 Å². The molecule has 1 heterocycles. The van der Waals surface area contributed by atoms with Gasteiger partial charge in [0.1, 0.15) is 11.6 Å². The summed E-state index contributed by atoms with van der Waals surface area (Å²) in [6, 6.07) is 0.465. The summed E-state index contributed by atoms with van der Waals surface area (Å²) in [4.78, 5) is 0. The van der Waals surface area contributed by atoms with E-state index < -0.39 is 0 Å². The van der Waals surface area contributed by atoms with Crippen LogP contribution in [0.15, 0.2) is 5.51 Å². The lowest BCUT2D eigenvalue weighted by Crippen LogP contribution is -2.43. The van der Waals surface area contributed by atoms with Crippen molar-refractivity contribution in [3.05, 3.63) is 5.51 Å². The van der Waals surface area contributed by atoms with Gasteiger partial charge in [-0.05, 0) is 26.3 Å². The van der Waals surface area contributed by atoms with Crippen LogP contribution in [0.1, 0.15) is 25.7 Å². The highest BCUT2D eigenvalue weighted by atomic mass is 32.1. The van der Waals surface area contributed by atoms with Crippen LogP contribution in [0.5, 0.6) is 5.19 Å². The number of aromatic nitrogens is 2. The van der Waals surface area contributed by atoms with Gasteiger partial charge in [0.25, 0.3) is 5.19 Å². The number of hydrogen-bond donors (Lipinski definition) is 1. The predicted molar refractivity (Wildman–Crippen MR) is 55.6 cm³/mol. The SMILES string of the molecule is CNC1CCCCC1Oc1nncs1. The Hall–Kier alpha value is -0.680. The first-order valence-corrected chi connectivity index (χ1v) is 5.88. The van der Waals surface area contributed by atoms with Gasteiger partial charge >= 0.3 is 0 Å². The van der Waals surface area contributed by atoms with Crippen LogP contribution in [0.25, 0.3) is 0 Å². The summed E-state index contributed by atoms with van der Waals surface area (Å²) in [6.45, 7) is 0. The number of rotatable bonds is 3. The number of hydrogen-bond acceptors (Lipinski definition) is 5. The first kappa shape index (κ1) is 9.86. The molecule has 0 aromatic carbocycles. The number of nitrogens with zero attached hydrogens (tertiary/aromatic N) is 2. The molecule has 0 saturated heterocycles. The topological polar surface area (TPSA) is 47.0 Å². The average molecular weight is 213 g/mol. The maximum Gasteiger partial charge on any atom is 0.294 e. The summed E-state index contributed by atoms with van der Waals surface area (Å²) in [6.07, 6.45) is 5.12. The van der Waals surface area contributed by atoms with E-state index in [-0.39, 0.29) is 6.10 Å². The summed E-state index contributed by atoms with van der Waals surface area (Å²) in [5, 5.41) is 11.6. The fourth-order valence-corrected chi connectivity index (χ4v) is 2.37. The van der Waals surface area contributed by atoms with E-state index in [1.54, 1.807) is 5.51 Å². The van der Waals surface area contributed by atoms with Gasteiger partial charge in [0, 0.05) is 6.04 Å². The van der Waals surface area contributed by atoms with Gasteiger partial charge < -0.3 is 10.1 Å². The zero-order valence-electron chi connectivity index (χ0n) is 8.27. The molecule has 1 aromatic heterocycles. The smallest absolute Gasteiger partial charge is 0.294 e. The second-order valence-corrected chi connectivity index (χ2v) is 4.34. The minimum atomic E-state index is 0.265. The molecule has 78 valence electrons. The van der Waals surface area contributed by atoms with Crippen LogP contribution in [0.2, 0.25) is 0 Å². The van der Waals surface area contributed by atoms with Crippen LogP contribution in [0.3, 0.4) is 0 Å². The van der Waals surface area contributed by atoms with Gasteiger partial charge in [0.2, 0.25) is 0 Å². The molecule has 1 N–H and O–H groups in total. The minimum absolute atomic E-state index is 0.265. The minimum Gasteiger partial charge on any atom is -0.464 e. The van der Waals surface area contributed by atoms with Crippen LogP contribution >= 0.6 is 11.3 Å². The Kier molecular flexibility index (Phi) is 3.31. The molecule has 0 aliphatic heterocycles. The van der Waals surface area contributed by atoms with Crippen molar-refractivity contribution in [3.63, 3.8) is 0 Å². The summed E-state index contributed by atoms with van der Waals surface area (Å²) >= 11 is 1.46. The molecule has 0 bridgehead atoms. The third kappa shape index (κ3) is 2.22. The van der Waals surface area contributed by atoms with Gasteiger partial charge in [-0.2, -0.15) is 0 Å². The molecule has 0 spiro atoms. The van der Waals surface area contributed by atoms with Crippen LogP contribution in [0.4, 0.5) is 0 Å². The van der Waals surface area contributed by atoms with Crippen molar-refractivity contribution in [1.82, 2.24) is 15.5 Å². The van der Waals surface area contributed by atoms with E-state index in [1.165, 1.54) is 30.6 Å². The third-order valence-corrected chi connectivity index (χ3v) is 3.24. The molecule has 0 radical (unpaired) electrons. The van der Waals surface area contributed by atoms with Crippen molar-refractivity contribution in [1.29, 1.82) is 0 Å². The lowest BCUT2D eigenvalue weighted by molar-refractivity contribution is 0.117. The van der Waals surface area contributed by atoms with Crippen molar-refractivity contribution < 1.29 is 4.74 Å². The molecule has 0 amide bonds. The molecule has 1 fully saturated rings. The highest BCUT2D eigenvalue weighted by Gasteiger charge is 2.25. The standard InChI is InChI=1S/C9H15N3OS/c1-10-7-4-2-3-5-8(7)13-9-12-11-6-14-9/h6-8,10H,2-5H2,1H3. The van der Waals surface area contributed by atoms with Crippen molar-refractivity contribution in [2.24, 2.45) is 0 Å². The lowest BCUT2D eigenvalue weighted by atomic mass is 9.93. The Labute approximate surface area is 87.7 Å². The molecule has 1 aliphatic rings. The Bertz CT molecular complexity index is 265. The Balaban J connectivity index is 1.94. The van der Waals surface area contributed by atoms with E-state index in [4.69, 9.17) is 4.74 Å². The van der Waals surface area contributed by atoms with E-state index in [2.05, 4.69) is 15.5 Å². The summed E-state index contributed by atoms with van der Waals surface area (Å²) < 4.78 is 5.78. The van der Waals surface area contributed by atoms with Gasteiger partial charge in [-0.15, -0.1) is 10.2 Å². The highest BCUT2D eigenvalue weighted by Crippen LogP contribution is 2.24. The van der Waals surface area contributed by atoms with Crippen molar-refractivity contribution in [2.75, 3.05) is 7.05 Å². The average Bonchev–Trinajstić information content (AvgIpc) is 2.71. The van der Waals surface area contributed by atoms with Gasteiger partial charge in [-0.3, -0.25) is 0 Å². The summed E-state index contributed by atoms with van der Waals surface area (Å²) in [5.74, 6) is 0. The van der Waals surface area contributed by atoms with Crippen molar-refractivity contribution >= 4 is 11.3 Å². The highest BCUT2D eigenvalue weighted by molar-refractivity contribution is 7.11. The summed E-state index contributed by atoms with van der Waals surface area (Å²) in [7, 11) is 1.99. The van der Waals surface area contributed by atoms with Gasteiger partial charge in [0.15, 0.2) is 0 Å². The Morgan fingerprint density at radius 3 is 3.07 bits per heavy atom. The zero-order valence-corrected chi connectivity index (χ0v) is 9.09. The van der Waals surface area contributed by atoms with Gasteiger partial charge in [-0.1, -0.05) is 17.8 Å². The lowest BCUT2D eigenvalue weighted by Gasteiger charge is -2.30. The molecule has 2 atom stereocenters. The van der Waals surface area contributed by atoms with E-state index in [0.29, 0.717) is 11.2 Å². The normalized spacial score (nSPS) is 27.5. The van der Waals surface area contributed by atoms with Crippen LogP contribution < -0.4 is 10.1 Å². The molecule has 1 aliphatic carbocycles. The molecule has 5 heteroatoms. The first-order chi connectivity index (χ1) is 6.90. The largest absolute Gasteiger partial charge is 0.464 e. The van der Waals surface area contributed by atoms with Crippen LogP contribution in [-0.4, -0.2) is 29.4 Å². The van der Waals surface area contributed by atoms with Crippen LogP contribution in [-0.2, 0) is 0 Å². The number of likely N-dealkylation sites (N-methyl/N-ethyl adjacent to an activating group) is 1. The van der Waals surface area contributed by atoms with Crippen LogP contribution in [0, 0.1) is 0 Å². The molecule has 4 nitrogen and oxygen atoms in total. The third-order valence-electron chi connectivity index (χ3n) is 2.67. The second-order valence-electron chi connectivity index (χ2n) is 3.54. The first-order valence-electron chi connectivity index (χ1n) is 5.00. The molecule has 2 unspecified atom stereocenters. The quantitative estimate of drug-likeness (QED) is 0.825. The summed E-state index contributed by atoms with van der Waals surface area (Å²) in [5.41, 5.74) is 1.70. The van der Waals surface area contributed by atoms with Crippen molar-refractivity contribution in [2.45, 2.75) is 37.8 Å².